The molecular weight excluding hydrogens is 242 g/mol. The minimum absolute atomic E-state index is 0.122. The van der Waals surface area contributed by atoms with Crippen LogP contribution in [0.3, 0.4) is 0 Å². The molecule has 0 unspecified atom stereocenters. The third kappa shape index (κ3) is 2.99. The van der Waals surface area contributed by atoms with Crippen LogP contribution < -0.4 is 10.3 Å². The summed E-state index contributed by atoms with van der Waals surface area (Å²) in [4.78, 5) is 23.7. The van der Waals surface area contributed by atoms with Gasteiger partial charge >= 0.3 is 0 Å². The molecule has 5 nitrogen and oxygen atoms in total. The lowest BCUT2D eigenvalue weighted by molar-refractivity contribution is -0.126. The number of anilines is 1. The SMILES string of the molecule is CC(C)(C)C(=O)NC1=NN(c2ccccc2)C(=O)C1. The second kappa shape index (κ2) is 4.84. The average Bonchev–Trinajstić information content (AvgIpc) is 2.70. The van der Waals surface area contributed by atoms with Gasteiger partial charge in [-0.25, -0.2) is 0 Å². The zero-order valence-corrected chi connectivity index (χ0v) is 11.3. The topological polar surface area (TPSA) is 61.8 Å². The molecule has 100 valence electrons. The molecule has 19 heavy (non-hydrogen) atoms. The van der Waals surface area contributed by atoms with Crippen LogP contribution in [-0.2, 0) is 9.59 Å². The summed E-state index contributed by atoms with van der Waals surface area (Å²) in [6.45, 7) is 5.44. The summed E-state index contributed by atoms with van der Waals surface area (Å²) in [5.74, 6) is 0.109. The highest BCUT2D eigenvalue weighted by molar-refractivity contribution is 6.16. The van der Waals surface area contributed by atoms with E-state index in [9.17, 15) is 9.59 Å². The maximum absolute atomic E-state index is 11.9. The minimum Gasteiger partial charge on any atom is -0.312 e. The highest BCUT2D eigenvalue weighted by Gasteiger charge is 2.29. The molecule has 0 radical (unpaired) electrons. The van der Waals surface area contributed by atoms with Crippen molar-refractivity contribution in [1.82, 2.24) is 5.32 Å². The number of hydrogen-bond acceptors (Lipinski definition) is 3. The molecule has 1 heterocycles. The first-order valence-corrected chi connectivity index (χ1v) is 6.15. The van der Waals surface area contributed by atoms with E-state index in [1.54, 1.807) is 12.1 Å². The summed E-state index contributed by atoms with van der Waals surface area (Å²) in [5, 5.41) is 8.18. The van der Waals surface area contributed by atoms with E-state index in [0.29, 0.717) is 11.5 Å². The van der Waals surface area contributed by atoms with Crippen LogP contribution in [0.2, 0.25) is 0 Å². The van der Waals surface area contributed by atoms with Crippen LogP contribution in [0.4, 0.5) is 5.69 Å². The summed E-state index contributed by atoms with van der Waals surface area (Å²) in [6.07, 6.45) is 0.122. The zero-order chi connectivity index (χ0) is 14.0. The quantitative estimate of drug-likeness (QED) is 0.837. The second-order valence-electron chi connectivity index (χ2n) is 5.47. The standard InChI is InChI=1S/C14H17N3O2/c1-14(2,3)13(19)15-11-9-12(18)17(16-11)10-7-5-4-6-8-10/h4-8H,9H2,1-3H3,(H,15,16,19). The number of para-hydroxylation sites is 1. The molecule has 0 atom stereocenters. The molecule has 0 spiro atoms. The predicted octanol–water partition coefficient (Wildman–Crippen LogP) is 1.90. The van der Waals surface area contributed by atoms with E-state index in [1.165, 1.54) is 5.01 Å². The van der Waals surface area contributed by atoms with Crippen molar-refractivity contribution in [2.45, 2.75) is 27.2 Å². The van der Waals surface area contributed by atoms with Crippen molar-refractivity contribution in [2.24, 2.45) is 10.5 Å². The van der Waals surface area contributed by atoms with E-state index < -0.39 is 5.41 Å². The van der Waals surface area contributed by atoms with Crippen molar-refractivity contribution in [3.05, 3.63) is 30.3 Å². The molecule has 0 bridgehead atoms. The van der Waals surface area contributed by atoms with Crippen LogP contribution in [0.5, 0.6) is 0 Å². The lowest BCUT2D eigenvalue weighted by Crippen LogP contribution is -2.38. The summed E-state index contributed by atoms with van der Waals surface area (Å²) >= 11 is 0. The second-order valence-corrected chi connectivity index (χ2v) is 5.47. The molecule has 0 saturated heterocycles. The molecule has 1 aliphatic rings. The Morgan fingerprint density at radius 1 is 1.26 bits per heavy atom. The van der Waals surface area contributed by atoms with E-state index >= 15 is 0 Å². The smallest absolute Gasteiger partial charge is 0.255 e. The van der Waals surface area contributed by atoms with E-state index in [1.807, 2.05) is 39.0 Å². The van der Waals surface area contributed by atoms with E-state index in [4.69, 9.17) is 0 Å². The van der Waals surface area contributed by atoms with Crippen molar-refractivity contribution in [3.8, 4) is 0 Å². The first-order valence-electron chi connectivity index (χ1n) is 6.15. The van der Waals surface area contributed by atoms with Gasteiger partial charge < -0.3 is 5.32 Å². The Kier molecular flexibility index (Phi) is 3.38. The lowest BCUT2D eigenvalue weighted by Gasteiger charge is -2.16. The fourth-order valence-electron chi connectivity index (χ4n) is 1.59. The Bertz CT molecular complexity index is 529. The Morgan fingerprint density at radius 3 is 2.47 bits per heavy atom. The normalized spacial score (nSPS) is 15.4. The number of nitrogens with one attached hydrogen (secondary N) is 1. The third-order valence-electron chi connectivity index (χ3n) is 2.72. The van der Waals surface area contributed by atoms with Crippen molar-refractivity contribution in [2.75, 3.05) is 5.01 Å². The van der Waals surface area contributed by atoms with Gasteiger partial charge in [0, 0.05) is 5.41 Å². The molecule has 0 saturated carbocycles. The molecule has 1 N–H and O–H groups in total. The van der Waals surface area contributed by atoms with Crippen LogP contribution in [0.25, 0.3) is 0 Å². The Morgan fingerprint density at radius 2 is 1.89 bits per heavy atom. The van der Waals surface area contributed by atoms with E-state index in [-0.39, 0.29) is 18.2 Å². The Hall–Kier alpha value is -2.17. The van der Waals surface area contributed by atoms with Gasteiger partial charge in [0.2, 0.25) is 5.91 Å². The summed E-state index contributed by atoms with van der Waals surface area (Å²) < 4.78 is 0. The number of carbonyl (C=O) groups excluding carboxylic acids is 2. The monoisotopic (exact) mass is 259 g/mol. The summed E-state index contributed by atoms with van der Waals surface area (Å²) in [7, 11) is 0. The van der Waals surface area contributed by atoms with Gasteiger partial charge in [-0.05, 0) is 12.1 Å². The molecule has 0 aromatic heterocycles. The highest BCUT2D eigenvalue weighted by Crippen LogP contribution is 2.20. The highest BCUT2D eigenvalue weighted by atomic mass is 16.2. The lowest BCUT2D eigenvalue weighted by atomic mass is 9.96. The van der Waals surface area contributed by atoms with Gasteiger partial charge in [0.1, 0.15) is 5.84 Å². The predicted molar refractivity (Wildman–Crippen MR) is 73.6 cm³/mol. The average molecular weight is 259 g/mol. The van der Waals surface area contributed by atoms with Crippen molar-refractivity contribution in [1.29, 1.82) is 0 Å². The van der Waals surface area contributed by atoms with Crippen LogP contribution in [0.1, 0.15) is 27.2 Å². The van der Waals surface area contributed by atoms with Crippen LogP contribution >= 0.6 is 0 Å². The van der Waals surface area contributed by atoms with Crippen molar-refractivity contribution < 1.29 is 9.59 Å². The van der Waals surface area contributed by atoms with Crippen LogP contribution in [-0.4, -0.2) is 17.6 Å². The molecule has 2 rings (SSSR count). The number of hydrogen-bond donors (Lipinski definition) is 1. The van der Waals surface area contributed by atoms with Gasteiger partial charge in [-0.2, -0.15) is 10.1 Å². The summed E-state index contributed by atoms with van der Waals surface area (Å²) in [5.41, 5.74) is 0.193. The minimum atomic E-state index is -0.508. The Labute approximate surface area is 112 Å². The van der Waals surface area contributed by atoms with Crippen molar-refractivity contribution in [3.63, 3.8) is 0 Å². The molecule has 1 aromatic carbocycles. The molecule has 1 aromatic rings. The number of carbonyl (C=O) groups is 2. The van der Waals surface area contributed by atoms with Gasteiger partial charge in [0.05, 0.1) is 12.1 Å². The Balaban J connectivity index is 2.14. The molecule has 2 amide bonds. The number of nitrogens with zero attached hydrogens (tertiary/aromatic N) is 2. The first kappa shape index (κ1) is 13.3. The maximum atomic E-state index is 11.9. The van der Waals surface area contributed by atoms with Gasteiger partial charge in [-0.15, -0.1) is 0 Å². The van der Waals surface area contributed by atoms with Gasteiger partial charge in [-0.1, -0.05) is 39.0 Å². The number of amidine groups is 1. The van der Waals surface area contributed by atoms with E-state index in [0.717, 1.165) is 0 Å². The number of benzene rings is 1. The zero-order valence-electron chi connectivity index (χ0n) is 11.3. The molecule has 0 aliphatic carbocycles. The number of hydrazone groups is 1. The van der Waals surface area contributed by atoms with Gasteiger partial charge in [0.15, 0.2) is 0 Å². The molecule has 0 fully saturated rings. The van der Waals surface area contributed by atoms with Gasteiger partial charge in [-0.3, -0.25) is 9.59 Å². The van der Waals surface area contributed by atoms with Crippen molar-refractivity contribution >= 4 is 23.3 Å². The third-order valence-corrected chi connectivity index (χ3v) is 2.72. The molecule has 1 aliphatic heterocycles. The maximum Gasteiger partial charge on any atom is 0.255 e. The fraction of sp³-hybridized carbons (Fsp3) is 0.357. The summed E-state index contributed by atoms with van der Waals surface area (Å²) in [6, 6.07) is 9.15. The molecule has 5 heteroatoms. The van der Waals surface area contributed by atoms with E-state index in [2.05, 4.69) is 10.4 Å². The van der Waals surface area contributed by atoms with Crippen LogP contribution in [0.15, 0.2) is 35.4 Å². The number of amides is 2. The largest absolute Gasteiger partial charge is 0.312 e. The number of rotatable bonds is 1. The first-order chi connectivity index (χ1) is 8.88. The molecular formula is C14H17N3O2. The fourth-order valence-corrected chi connectivity index (χ4v) is 1.59. The van der Waals surface area contributed by atoms with Crippen LogP contribution in [0, 0.1) is 5.41 Å². The van der Waals surface area contributed by atoms with Gasteiger partial charge in [0.25, 0.3) is 5.91 Å².